The van der Waals surface area contributed by atoms with Crippen LogP contribution < -0.4 is 10.0 Å². The van der Waals surface area contributed by atoms with E-state index in [0.717, 1.165) is 51.9 Å². The van der Waals surface area contributed by atoms with Crippen molar-refractivity contribution in [2.24, 2.45) is 5.92 Å². The number of carbonyl (C=O) groups is 1. The lowest BCUT2D eigenvalue weighted by molar-refractivity contribution is 0.0787. The molecule has 0 bridgehead atoms. The van der Waals surface area contributed by atoms with E-state index in [1.54, 1.807) is 4.90 Å². The van der Waals surface area contributed by atoms with Crippen molar-refractivity contribution in [2.75, 3.05) is 32.7 Å². The summed E-state index contributed by atoms with van der Waals surface area (Å²) in [7, 11) is -3.56. The molecule has 3 N–H and O–H groups in total. The number of likely N-dealkylation sites (tertiary alicyclic amines) is 1. The van der Waals surface area contributed by atoms with Gasteiger partial charge in [-0.05, 0) is 50.8 Å². The van der Waals surface area contributed by atoms with Gasteiger partial charge in [-0.15, -0.1) is 0 Å². The number of rotatable bonds is 6. The van der Waals surface area contributed by atoms with Crippen LogP contribution in [0.15, 0.2) is 17.2 Å². The van der Waals surface area contributed by atoms with Gasteiger partial charge >= 0.3 is 0 Å². The van der Waals surface area contributed by atoms with E-state index in [4.69, 9.17) is 0 Å². The van der Waals surface area contributed by atoms with Crippen LogP contribution in [-0.2, 0) is 10.0 Å². The molecule has 1 atom stereocenters. The Morgan fingerprint density at radius 1 is 1.35 bits per heavy atom. The van der Waals surface area contributed by atoms with E-state index in [9.17, 15) is 13.2 Å². The van der Waals surface area contributed by atoms with Crippen molar-refractivity contribution in [1.29, 1.82) is 0 Å². The highest BCUT2D eigenvalue weighted by atomic mass is 32.2. The Bertz CT molecular complexity index is 643. The summed E-state index contributed by atoms with van der Waals surface area (Å²) < 4.78 is 27.2. The zero-order chi connectivity index (χ0) is 16.3. The minimum atomic E-state index is -3.56. The topological polar surface area (TPSA) is 94.3 Å². The summed E-state index contributed by atoms with van der Waals surface area (Å²) in [5, 5.41) is 3.27. The number of carbonyl (C=O) groups excluding carboxylic acids is 1. The first-order chi connectivity index (χ1) is 11.1. The summed E-state index contributed by atoms with van der Waals surface area (Å²) in [6, 6.07) is 1.43. The number of aromatic nitrogens is 1. The first kappa shape index (κ1) is 16.5. The number of H-pyrrole nitrogens is 1. The van der Waals surface area contributed by atoms with Crippen molar-refractivity contribution in [1.82, 2.24) is 19.9 Å². The van der Waals surface area contributed by atoms with Gasteiger partial charge in [0.2, 0.25) is 10.0 Å². The molecule has 3 rings (SSSR count). The molecule has 0 spiro atoms. The second-order valence-corrected chi connectivity index (χ2v) is 8.06. The second-order valence-electron chi connectivity index (χ2n) is 6.29. The highest BCUT2D eigenvalue weighted by Crippen LogP contribution is 2.16. The minimum absolute atomic E-state index is 0.124. The molecule has 0 aromatic carbocycles. The highest BCUT2D eigenvalue weighted by molar-refractivity contribution is 7.89. The smallest absolute Gasteiger partial charge is 0.270 e. The average molecular weight is 340 g/mol. The number of sulfonamides is 1. The zero-order valence-electron chi connectivity index (χ0n) is 13.2. The lowest BCUT2D eigenvalue weighted by Gasteiger charge is -2.13. The van der Waals surface area contributed by atoms with Gasteiger partial charge in [0.1, 0.15) is 10.6 Å². The van der Waals surface area contributed by atoms with Crippen LogP contribution >= 0.6 is 0 Å². The van der Waals surface area contributed by atoms with Crippen LogP contribution in [0, 0.1) is 5.92 Å². The van der Waals surface area contributed by atoms with E-state index < -0.39 is 10.0 Å². The molecular weight excluding hydrogens is 316 g/mol. The number of nitrogens with one attached hydrogen (secondary N) is 3. The molecule has 2 aliphatic heterocycles. The van der Waals surface area contributed by atoms with Crippen LogP contribution in [0.25, 0.3) is 0 Å². The predicted molar refractivity (Wildman–Crippen MR) is 86.7 cm³/mol. The average Bonchev–Trinajstić information content (AvgIpc) is 3.27. The molecular formula is C15H24N4O3S. The van der Waals surface area contributed by atoms with Crippen LogP contribution in [0.1, 0.15) is 36.2 Å². The van der Waals surface area contributed by atoms with Gasteiger partial charge in [-0.1, -0.05) is 0 Å². The number of hydrogen-bond acceptors (Lipinski definition) is 4. The van der Waals surface area contributed by atoms with E-state index in [1.165, 1.54) is 12.3 Å². The van der Waals surface area contributed by atoms with Crippen LogP contribution in [0.2, 0.25) is 0 Å². The minimum Gasteiger partial charge on any atom is -0.356 e. The number of hydrogen-bond donors (Lipinski definition) is 3. The lowest BCUT2D eigenvalue weighted by atomic mass is 10.1. The van der Waals surface area contributed by atoms with Crippen molar-refractivity contribution in [3.05, 3.63) is 18.0 Å². The van der Waals surface area contributed by atoms with Gasteiger partial charge in [-0.3, -0.25) is 4.79 Å². The molecule has 2 fully saturated rings. The highest BCUT2D eigenvalue weighted by Gasteiger charge is 2.24. The lowest BCUT2D eigenvalue weighted by Crippen LogP contribution is -2.28. The predicted octanol–water partition coefficient (Wildman–Crippen LogP) is 0.529. The fourth-order valence-electron chi connectivity index (χ4n) is 3.19. The Kier molecular flexibility index (Phi) is 5.03. The van der Waals surface area contributed by atoms with Crippen LogP contribution in [0.4, 0.5) is 0 Å². The number of amides is 1. The van der Waals surface area contributed by atoms with E-state index in [-0.39, 0.29) is 10.8 Å². The van der Waals surface area contributed by atoms with Crippen molar-refractivity contribution in [3.8, 4) is 0 Å². The van der Waals surface area contributed by atoms with E-state index in [2.05, 4.69) is 15.0 Å². The molecule has 1 aromatic heterocycles. The molecule has 0 aliphatic carbocycles. The van der Waals surface area contributed by atoms with E-state index >= 15 is 0 Å². The van der Waals surface area contributed by atoms with Crippen LogP contribution in [-0.4, -0.2) is 56.9 Å². The monoisotopic (exact) mass is 340 g/mol. The molecule has 2 saturated heterocycles. The summed E-state index contributed by atoms with van der Waals surface area (Å²) in [4.78, 5) is 16.9. The quantitative estimate of drug-likeness (QED) is 0.704. The Balaban J connectivity index is 1.57. The summed E-state index contributed by atoms with van der Waals surface area (Å²) in [6.45, 7) is 3.88. The molecule has 3 heterocycles. The van der Waals surface area contributed by atoms with Crippen molar-refractivity contribution in [2.45, 2.75) is 30.6 Å². The first-order valence-electron chi connectivity index (χ1n) is 8.24. The molecule has 23 heavy (non-hydrogen) atoms. The van der Waals surface area contributed by atoms with Gasteiger partial charge in [0.15, 0.2) is 0 Å². The SMILES string of the molecule is O=C(c1cc(S(=O)(=O)NCCC2CCNC2)c[nH]1)N1CCCC1. The first-order valence-corrected chi connectivity index (χ1v) is 9.73. The van der Waals surface area contributed by atoms with Crippen molar-refractivity contribution in [3.63, 3.8) is 0 Å². The molecule has 0 saturated carbocycles. The summed E-state index contributed by atoms with van der Waals surface area (Å²) in [6.07, 6.45) is 5.34. The Morgan fingerprint density at radius 2 is 2.13 bits per heavy atom. The maximum Gasteiger partial charge on any atom is 0.270 e. The van der Waals surface area contributed by atoms with Crippen molar-refractivity contribution < 1.29 is 13.2 Å². The number of nitrogens with zero attached hydrogens (tertiary/aromatic N) is 1. The van der Waals surface area contributed by atoms with Crippen LogP contribution in [0.5, 0.6) is 0 Å². The Morgan fingerprint density at radius 3 is 2.83 bits per heavy atom. The molecule has 0 radical (unpaired) electrons. The molecule has 1 aromatic rings. The zero-order valence-corrected chi connectivity index (χ0v) is 14.0. The molecule has 7 nitrogen and oxygen atoms in total. The van der Waals surface area contributed by atoms with Gasteiger partial charge in [-0.2, -0.15) is 0 Å². The third-order valence-electron chi connectivity index (χ3n) is 4.60. The summed E-state index contributed by atoms with van der Waals surface area (Å²) in [5.74, 6) is 0.414. The van der Waals surface area contributed by atoms with Gasteiger partial charge < -0.3 is 15.2 Å². The van der Waals surface area contributed by atoms with Crippen molar-refractivity contribution >= 4 is 15.9 Å². The Hall–Kier alpha value is -1.38. The number of aromatic amines is 1. The fraction of sp³-hybridized carbons (Fsp3) is 0.667. The third-order valence-corrected chi connectivity index (χ3v) is 6.04. The van der Waals surface area contributed by atoms with Gasteiger partial charge in [0, 0.05) is 25.8 Å². The summed E-state index contributed by atoms with van der Waals surface area (Å²) >= 11 is 0. The molecule has 128 valence electrons. The molecule has 2 aliphatic rings. The third kappa shape index (κ3) is 3.94. The second kappa shape index (κ2) is 7.02. The maximum absolute atomic E-state index is 12.3. The fourth-order valence-corrected chi connectivity index (χ4v) is 4.23. The van der Waals surface area contributed by atoms with Crippen LogP contribution in [0.3, 0.4) is 0 Å². The van der Waals surface area contributed by atoms with Gasteiger partial charge in [0.25, 0.3) is 5.91 Å². The van der Waals surface area contributed by atoms with Gasteiger partial charge in [0.05, 0.1) is 0 Å². The van der Waals surface area contributed by atoms with E-state index in [0.29, 0.717) is 18.2 Å². The van der Waals surface area contributed by atoms with Gasteiger partial charge in [-0.25, -0.2) is 13.1 Å². The largest absolute Gasteiger partial charge is 0.356 e. The molecule has 1 unspecified atom stereocenters. The standard InChI is InChI=1S/C15H24N4O3S/c20-15(19-7-1-2-8-19)14-9-13(11-17-14)23(21,22)18-6-4-12-3-5-16-10-12/h9,11-12,16-18H,1-8,10H2. The molecule has 1 amide bonds. The molecule has 8 heteroatoms. The van der Waals surface area contributed by atoms with E-state index in [1.807, 2.05) is 0 Å². The Labute approximate surface area is 136 Å². The normalized spacial score (nSPS) is 21.9. The summed E-state index contributed by atoms with van der Waals surface area (Å²) in [5.41, 5.74) is 0.340. The maximum atomic E-state index is 12.3.